The molecular formula is C19H24N2O2S. The Kier molecular flexibility index (Phi) is 5.31. The van der Waals surface area contributed by atoms with Crippen LogP contribution in [-0.2, 0) is 13.0 Å². The third-order valence-electron chi connectivity index (χ3n) is 4.90. The van der Waals surface area contributed by atoms with Crippen LogP contribution in [0.15, 0.2) is 24.3 Å². The van der Waals surface area contributed by atoms with Crippen molar-refractivity contribution < 1.29 is 9.90 Å². The fourth-order valence-corrected chi connectivity index (χ4v) is 4.34. The van der Waals surface area contributed by atoms with Crippen molar-refractivity contribution in [2.24, 2.45) is 5.92 Å². The van der Waals surface area contributed by atoms with Gasteiger partial charge in [0, 0.05) is 4.88 Å². The van der Waals surface area contributed by atoms with Crippen LogP contribution in [0.5, 0.6) is 0 Å². The van der Waals surface area contributed by atoms with Crippen molar-refractivity contribution in [2.75, 3.05) is 13.1 Å². The molecule has 5 heteroatoms. The normalized spacial score (nSPS) is 16.4. The van der Waals surface area contributed by atoms with E-state index in [1.165, 1.54) is 9.88 Å². The van der Waals surface area contributed by atoms with E-state index in [0.29, 0.717) is 11.5 Å². The van der Waals surface area contributed by atoms with Crippen molar-refractivity contribution in [3.8, 4) is 0 Å². The average Bonchev–Trinajstić information content (AvgIpc) is 2.87. The quantitative estimate of drug-likeness (QED) is 0.893. The summed E-state index contributed by atoms with van der Waals surface area (Å²) < 4.78 is 0. The van der Waals surface area contributed by atoms with E-state index in [-0.39, 0.29) is 0 Å². The summed E-state index contributed by atoms with van der Waals surface area (Å²) in [6, 6.07) is 7.40. The molecule has 128 valence electrons. The number of carboxylic acid groups (broad SMARTS) is 1. The minimum Gasteiger partial charge on any atom is -0.478 e. The van der Waals surface area contributed by atoms with Crippen LogP contribution in [0.4, 0.5) is 0 Å². The fourth-order valence-electron chi connectivity index (χ4n) is 3.36. The number of nitrogens with zero attached hydrogens (tertiary/aromatic N) is 2. The Balaban J connectivity index is 1.55. The highest BCUT2D eigenvalue weighted by atomic mass is 32.1. The molecule has 1 saturated heterocycles. The van der Waals surface area contributed by atoms with Gasteiger partial charge < -0.3 is 5.11 Å². The maximum absolute atomic E-state index is 11.3. The van der Waals surface area contributed by atoms with Gasteiger partial charge in [0.15, 0.2) is 0 Å². The van der Waals surface area contributed by atoms with Gasteiger partial charge in [-0.15, -0.1) is 11.3 Å². The van der Waals surface area contributed by atoms with E-state index in [1.54, 1.807) is 23.5 Å². The Morgan fingerprint density at radius 2 is 2.00 bits per heavy atom. The van der Waals surface area contributed by atoms with Gasteiger partial charge in [-0.1, -0.05) is 18.2 Å². The SMILES string of the molecule is Cc1nc(CN2CCC(Cc3ccccc3C(=O)O)CC2)sc1C. The smallest absolute Gasteiger partial charge is 0.335 e. The highest BCUT2D eigenvalue weighted by Crippen LogP contribution is 2.25. The van der Waals surface area contributed by atoms with E-state index in [0.717, 1.165) is 50.2 Å². The summed E-state index contributed by atoms with van der Waals surface area (Å²) in [4.78, 5) is 19.7. The van der Waals surface area contributed by atoms with Gasteiger partial charge in [-0.05, 0) is 63.7 Å². The van der Waals surface area contributed by atoms with E-state index in [1.807, 2.05) is 12.1 Å². The predicted molar refractivity (Wildman–Crippen MR) is 96.7 cm³/mol. The molecule has 0 spiro atoms. The zero-order valence-corrected chi connectivity index (χ0v) is 15.1. The molecule has 1 N–H and O–H groups in total. The third kappa shape index (κ3) is 4.02. The Bertz CT molecular complexity index is 698. The predicted octanol–water partition coefficient (Wildman–Crippen LogP) is 3.91. The Hall–Kier alpha value is -1.72. The molecule has 3 rings (SSSR count). The van der Waals surface area contributed by atoms with Gasteiger partial charge in [0.25, 0.3) is 0 Å². The van der Waals surface area contributed by atoms with E-state index < -0.39 is 5.97 Å². The van der Waals surface area contributed by atoms with E-state index in [9.17, 15) is 9.90 Å². The van der Waals surface area contributed by atoms with Gasteiger partial charge in [-0.25, -0.2) is 9.78 Å². The van der Waals surface area contributed by atoms with Crippen molar-refractivity contribution >= 4 is 17.3 Å². The molecule has 24 heavy (non-hydrogen) atoms. The molecule has 0 amide bonds. The van der Waals surface area contributed by atoms with Gasteiger partial charge in [-0.2, -0.15) is 0 Å². The lowest BCUT2D eigenvalue weighted by Crippen LogP contribution is -2.34. The second-order valence-corrected chi connectivity index (χ2v) is 7.92. The minimum atomic E-state index is -0.822. The number of benzene rings is 1. The lowest BCUT2D eigenvalue weighted by molar-refractivity contribution is 0.0695. The first kappa shape index (κ1) is 17.1. The standard InChI is InChI=1S/C19H24N2O2S/c1-13-14(2)24-18(20-13)12-21-9-7-15(8-10-21)11-16-5-3-4-6-17(16)19(22)23/h3-6,15H,7-12H2,1-2H3,(H,22,23). The molecule has 0 atom stereocenters. The van der Waals surface area contributed by atoms with Crippen LogP contribution in [0.25, 0.3) is 0 Å². The summed E-state index contributed by atoms with van der Waals surface area (Å²) in [5.74, 6) is -0.251. The number of aromatic carboxylic acids is 1. The Labute approximate surface area is 147 Å². The largest absolute Gasteiger partial charge is 0.478 e. The van der Waals surface area contributed by atoms with Gasteiger partial charge in [0.2, 0.25) is 0 Å². The maximum atomic E-state index is 11.3. The van der Waals surface area contributed by atoms with E-state index in [2.05, 4.69) is 23.7 Å². The Morgan fingerprint density at radius 1 is 1.29 bits per heavy atom. The molecule has 4 nitrogen and oxygen atoms in total. The number of carboxylic acids is 1. The van der Waals surface area contributed by atoms with Gasteiger partial charge in [0.05, 0.1) is 17.8 Å². The molecule has 0 bridgehead atoms. The number of thiazole rings is 1. The zero-order chi connectivity index (χ0) is 17.1. The monoisotopic (exact) mass is 344 g/mol. The second-order valence-electron chi connectivity index (χ2n) is 6.64. The first-order valence-electron chi connectivity index (χ1n) is 8.49. The van der Waals surface area contributed by atoms with Crippen LogP contribution >= 0.6 is 11.3 Å². The molecule has 1 aliphatic heterocycles. The zero-order valence-electron chi connectivity index (χ0n) is 14.3. The van der Waals surface area contributed by atoms with Crippen LogP contribution < -0.4 is 0 Å². The van der Waals surface area contributed by atoms with Crippen molar-refractivity contribution in [1.82, 2.24) is 9.88 Å². The minimum absolute atomic E-state index is 0.452. The number of aromatic nitrogens is 1. The van der Waals surface area contributed by atoms with Crippen LogP contribution in [0, 0.1) is 19.8 Å². The summed E-state index contributed by atoms with van der Waals surface area (Å²) in [6.07, 6.45) is 3.11. The van der Waals surface area contributed by atoms with Crippen LogP contribution in [0.2, 0.25) is 0 Å². The number of likely N-dealkylation sites (tertiary alicyclic amines) is 1. The van der Waals surface area contributed by atoms with Crippen LogP contribution in [0.1, 0.15) is 44.3 Å². The summed E-state index contributed by atoms with van der Waals surface area (Å²) in [5.41, 5.74) is 2.57. The molecule has 2 heterocycles. The molecule has 0 aliphatic carbocycles. The van der Waals surface area contributed by atoms with Gasteiger partial charge in [-0.3, -0.25) is 4.90 Å². The van der Waals surface area contributed by atoms with Crippen LogP contribution in [-0.4, -0.2) is 34.0 Å². The number of rotatable bonds is 5. The van der Waals surface area contributed by atoms with Crippen molar-refractivity contribution in [3.05, 3.63) is 51.0 Å². The number of hydrogen-bond donors (Lipinski definition) is 1. The fraction of sp³-hybridized carbons (Fsp3) is 0.474. The summed E-state index contributed by atoms with van der Waals surface area (Å²) >= 11 is 1.80. The lowest BCUT2D eigenvalue weighted by atomic mass is 9.88. The number of carbonyl (C=O) groups is 1. The Morgan fingerprint density at radius 3 is 2.62 bits per heavy atom. The van der Waals surface area contributed by atoms with Crippen molar-refractivity contribution in [2.45, 2.75) is 39.7 Å². The van der Waals surface area contributed by atoms with Crippen LogP contribution in [0.3, 0.4) is 0 Å². The first-order chi connectivity index (χ1) is 11.5. The second kappa shape index (κ2) is 7.45. The molecule has 1 aromatic carbocycles. The topological polar surface area (TPSA) is 53.4 Å². The molecule has 1 aliphatic rings. The summed E-state index contributed by atoms with van der Waals surface area (Å²) in [5, 5.41) is 10.5. The third-order valence-corrected chi connectivity index (χ3v) is 5.95. The summed E-state index contributed by atoms with van der Waals surface area (Å²) in [7, 11) is 0. The molecule has 0 saturated carbocycles. The molecule has 0 radical (unpaired) electrons. The summed E-state index contributed by atoms with van der Waals surface area (Å²) in [6.45, 7) is 7.27. The molecule has 0 unspecified atom stereocenters. The average molecular weight is 344 g/mol. The number of aryl methyl sites for hydroxylation is 2. The first-order valence-corrected chi connectivity index (χ1v) is 9.31. The van der Waals surface area contributed by atoms with E-state index in [4.69, 9.17) is 0 Å². The molecular weight excluding hydrogens is 320 g/mol. The molecule has 2 aromatic rings. The van der Waals surface area contributed by atoms with Gasteiger partial charge >= 0.3 is 5.97 Å². The molecule has 1 aromatic heterocycles. The van der Waals surface area contributed by atoms with Crippen molar-refractivity contribution in [3.63, 3.8) is 0 Å². The highest BCUT2D eigenvalue weighted by Gasteiger charge is 2.22. The number of hydrogen-bond acceptors (Lipinski definition) is 4. The lowest BCUT2D eigenvalue weighted by Gasteiger charge is -2.31. The van der Waals surface area contributed by atoms with E-state index >= 15 is 0 Å². The number of piperidine rings is 1. The molecule has 1 fully saturated rings. The van der Waals surface area contributed by atoms with Gasteiger partial charge in [0.1, 0.15) is 5.01 Å². The highest BCUT2D eigenvalue weighted by molar-refractivity contribution is 7.11. The van der Waals surface area contributed by atoms with Crippen molar-refractivity contribution in [1.29, 1.82) is 0 Å². The maximum Gasteiger partial charge on any atom is 0.335 e.